The molecule has 0 radical (unpaired) electrons. The highest BCUT2D eigenvalue weighted by atomic mass is 16.3. The van der Waals surface area contributed by atoms with Gasteiger partial charge in [-0.25, -0.2) is 0 Å². The molecule has 0 bridgehead atoms. The highest BCUT2D eigenvalue weighted by molar-refractivity contribution is 5.75. The first-order valence-corrected chi connectivity index (χ1v) is 6.17. The Bertz CT molecular complexity index is 211. The van der Waals surface area contributed by atoms with Crippen molar-refractivity contribution >= 4 is 5.91 Å². The van der Waals surface area contributed by atoms with E-state index >= 15 is 0 Å². The van der Waals surface area contributed by atoms with E-state index in [9.17, 15) is 4.79 Å². The zero-order chi connectivity index (χ0) is 12.0. The molecule has 1 amide bonds. The van der Waals surface area contributed by atoms with Crippen LogP contribution >= 0.6 is 0 Å². The van der Waals surface area contributed by atoms with Crippen LogP contribution in [0.1, 0.15) is 25.7 Å². The van der Waals surface area contributed by atoms with Crippen LogP contribution in [0, 0.1) is 5.92 Å². The first kappa shape index (κ1) is 13.5. The molecule has 0 unspecified atom stereocenters. The van der Waals surface area contributed by atoms with Gasteiger partial charge in [-0.3, -0.25) is 4.79 Å². The summed E-state index contributed by atoms with van der Waals surface area (Å²) in [6.45, 7) is 3.42. The normalized spacial score (nSPS) is 18.7. The molecule has 16 heavy (non-hydrogen) atoms. The second-order valence-electron chi connectivity index (χ2n) is 4.85. The van der Waals surface area contributed by atoms with E-state index in [0.717, 1.165) is 38.9 Å². The van der Waals surface area contributed by atoms with Crippen molar-refractivity contribution < 1.29 is 9.90 Å². The smallest absolute Gasteiger partial charge is 0.222 e. The second-order valence-corrected chi connectivity index (χ2v) is 4.85. The molecule has 1 fully saturated rings. The van der Waals surface area contributed by atoms with E-state index in [1.807, 2.05) is 14.1 Å². The zero-order valence-electron chi connectivity index (χ0n) is 10.5. The summed E-state index contributed by atoms with van der Waals surface area (Å²) in [7, 11) is 3.64. The Morgan fingerprint density at radius 3 is 2.50 bits per heavy atom. The first-order chi connectivity index (χ1) is 7.63. The molecular weight excluding hydrogens is 204 g/mol. The average Bonchev–Trinajstić information content (AvgIpc) is 2.28. The lowest BCUT2D eigenvalue weighted by molar-refractivity contribution is -0.130. The number of hydrogen-bond donors (Lipinski definition) is 1. The number of aliphatic hydroxyl groups excluding tert-OH is 1. The molecule has 0 saturated carbocycles. The number of amides is 1. The van der Waals surface area contributed by atoms with Gasteiger partial charge in [0.05, 0.1) is 0 Å². The molecule has 1 N–H and O–H groups in total. The van der Waals surface area contributed by atoms with Crippen LogP contribution in [0.15, 0.2) is 0 Å². The van der Waals surface area contributed by atoms with Gasteiger partial charge in [-0.1, -0.05) is 0 Å². The molecule has 1 heterocycles. The number of likely N-dealkylation sites (tertiary alicyclic amines) is 1. The summed E-state index contributed by atoms with van der Waals surface area (Å²) in [6.07, 6.45) is 3.79. The van der Waals surface area contributed by atoms with Gasteiger partial charge in [0, 0.05) is 33.7 Å². The summed E-state index contributed by atoms with van der Waals surface area (Å²) < 4.78 is 0. The fourth-order valence-corrected chi connectivity index (χ4v) is 2.14. The van der Waals surface area contributed by atoms with Crippen LogP contribution < -0.4 is 0 Å². The topological polar surface area (TPSA) is 43.8 Å². The third-order valence-corrected chi connectivity index (χ3v) is 3.30. The number of rotatable bonds is 5. The molecule has 1 aliphatic rings. The largest absolute Gasteiger partial charge is 0.396 e. The molecule has 1 aliphatic heterocycles. The van der Waals surface area contributed by atoms with E-state index in [4.69, 9.17) is 5.11 Å². The summed E-state index contributed by atoms with van der Waals surface area (Å²) in [5, 5.41) is 8.75. The zero-order valence-corrected chi connectivity index (χ0v) is 10.5. The van der Waals surface area contributed by atoms with Gasteiger partial charge in [-0.05, 0) is 38.3 Å². The monoisotopic (exact) mass is 228 g/mol. The van der Waals surface area contributed by atoms with Crippen molar-refractivity contribution in [1.29, 1.82) is 0 Å². The predicted octanol–water partition coefficient (Wildman–Crippen LogP) is 0.559. The van der Waals surface area contributed by atoms with E-state index in [1.54, 1.807) is 4.90 Å². The number of carbonyl (C=O) groups excluding carboxylic acids is 1. The lowest BCUT2D eigenvalue weighted by atomic mass is 9.93. The summed E-state index contributed by atoms with van der Waals surface area (Å²) in [6, 6.07) is 0. The van der Waals surface area contributed by atoms with Gasteiger partial charge in [0.1, 0.15) is 0 Å². The van der Waals surface area contributed by atoms with Gasteiger partial charge < -0.3 is 14.9 Å². The summed E-state index contributed by atoms with van der Waals surface area (Å²) in [5.74, 6) is 0.800. The maximum atomic E-state index is 11.5. The van der Waals surface area contributed by atoms with Crippen molar-refractivity contribution in [3.05, 3.63) is 0 Å². The van der Waals surface area contributed by atoms with Crippen molar-refractivity contribution in [3.8, 4) is 0 Å². The fraction of sp³-hybridized carbons (Fsp3) is 0.917. The summed E-state index contributed by atoms with van der Waals surface area (Å²) in [5.41, 5.74) is 0. The molecule has 0 aromatic rings. The van der Waals surface area contributed by atoms with E-state index in [-0.39, 0.29) is 12.5 Å². The van der Waals surface area contributed by atoms with Crippen LogP contribution in [0.25, 0.3) is 0 Å². The van der Waals surface area contributed by atoms with Crippen molar-refractivity contribution in [2.45, 2.75) is 25.7 Å². The average molecular weight is 228 g/mol. The Hall–Kier alpha value is -0.610. The highest BCUT2D eigenvalue weighted by Gasteiger charge is 2.21. The van der Waals surface area contributed by atoms with Gasteiger partial charge in [0.25, 0.3) is 0 Å². The highest BCUT2D eigenvalue weighted by Crippen LogP contribution is 2.20. The minimum Gasteiger partial charge on any atom is -0.396 e. The third kappa shape index (κ3) is 4.49. The number of aliphatic hydroxyl groups is 1. The number of piperidine rings is 1. The van der Waals surface area contributed by atoms with Crippen molar-refractivity contribution in [3.63, 3.8) is 0 Å². The van der Waals surface area contributed by atoms with E-state index < -0.39 is 0 Å². The fourth-order valence-electron chi connectivity index (χ4n) is 2.14. The molecule has 0 spiro atoms. The minimum absolute atomic E-state index is 0.244. The maximum absolute atomic E-state index is 11.5. The molecule has 4 nitrogen and oxygen atoms in total. The molecular formula is C12H24N2O2. The van der Waals surface area contributed by atoms with Crippen LogP contribution in [0.3, 0.4) is 0 Å². The van der Waals surface area contributed by atoms with Crippen LogP contribution in [0.4, 0.5) is 0 Å². The lowest BCUT2D eigenvalue weighted by Gasteiger charge is -2.31. The van der Waals surface area contributed by atoms with Crippen LogP contribution in [-0.4, -0.2) is 61.2 Å². The Balaban J connectivity index is 2.19. The minimum atomic E-state index is 0.244. The van der Waals surface area contributed by atoms with Gasteiger partial charge in [0.15, 0.2) is 0 Å². The SMILES string of the molecule is CN(C)C(=O)CC1CCN(CCCO)CC1. The molecule has 0 atom stereocenters. The number of nitrogens with zero attached hydrogens (tertiary/aromatic N) is 2. The van der Waals surface area contributed by atoms with E-state index in [0.29, 0.717) is 12.3 Å². The van der Waals surface area contributed by atoms with Gasteiger partial charge in [-0.15, -0.1) is 0 Å². The van der Waals surface area contributed by atoms with Crippen LogP contribution in [0.2, 0.25) is 0 Å². The Morgan fingerprint density at radius 1 is 1.38 bits per heavy atom. The van der Waals surface area contributed by atoms with Gasteiger partial charge >= 0.3 is 0 Å². The Labute approximate surface area is 98.2 Å². The van der Waals surface area contributed by atoms with Crippen molar-refractivity contribution in [1.82, 2.24) is 9.80 Å². The van der Waals surface area contributed by atoms with Gasteiger partial charge in [-0.2, -0.15) is 0 Å². The third-order valence-electron chi connectivity index (χ3n) is 3.30. The summed E-state index contributed by atoms with van der Waals surface area (Å²) in [4.78, 5) is 15.6. The van der Waals surface area contributed by atoms with Crippen LogP contribution in [0.5, 0.6) is 0 Å². The Morgan fingerprint density at radius 2 is 2.00 bits per heavy atom. The standard InChI is InChI=1S/C12H24N2O2/c1-13(2)12(16)10-11-4-7-14(8-5-11)6-3-9-15/h11,15H,3-10H2,1-2H3. The van der Waals surface area contributed by atoms with Crippen molar-refractivity contribution in [2.75, 3.05) is 40.3 Å². The van der Waals surface area contributed by atoms with E-state index in [2.05, 4.69) is 4.90 Å². The van der Waals surface area contributed by atoms with Gasteiger partial charge in [0.2, 0.25) is 5.91 Å². The molecule has 0 aromatic carbocycles. The quantitative estimate of drug-likeness (QED) is 0.748. The first-order valence-electron chi connectivity index (χ1n) is 6.17. The molecule has 94 valence electrons. The van der Waals surface area contributed by atoms with Crippen molar-refractivity contribution in [2.24, 2.45) is 5.92 Å². The maximum Gasteiger partial charge on any atom is 0.222 e. The molecule has 0 aliphatic carbocycles. The molecule has 0 aromatic heterocycles. The number of hydrogen-bond acceptors (Lipinski definition) is 3. The molecule has 4 heteroatoms. The van der Waals surface area contributed by atoms with E-state index in [1.165, 1.54) is 0 Å². The molecule has 1 rings (SSSR count). The molecule has 1 saturated heterocycles. The predicted molar refractivity (Wildman–Crippen MR) is 64.2 cm³/mol. The second kappa shape index (κ2) is 6.86. The van der Waals surface area contributed by atoms with Crippen LogP contribution in [-0.2, 0) is 4.79 Å². The Kier molecular flexibility index (Phi) is 5.77. The lowest BCUT2D eigenvalue weighted by Crippen LogP contribution is -2.36. The summed E-state index contributed by atoms with van der Waals surface area (Å²) >= 11 is 0. The number of carbonyl (C=O) groups is 1.